The largest absolute Gasteiger partial charge is 0.340 e. The van der Waals surface area contributed by atoms with E-state index in [-0.39, 0.29) is 5.91 Å². The van der Waals surface area contributed by atoms with Crippen molar-refractivity contribution in [1.82, 2.24) is 9.99 Å². The minimum Gasteiger partial charge on any atom is -0.340 e. The van der Waals surface area contributed by atoms with Gasteiger partial charge in [-0.25, -0.2) is 5.43 Å². The Morgan fingerprint density at radius 2 is 1.48 bits per heavy atom. The molecule has 0 atom stereocenters. The second kappa shape index (κ2) is 8.57. The van der Waals surface area contributed by atoms with Gasteiger partial charge in [0.1, 0.15) is 0 Å². The zero-order chi connectivity index (χ0) is 20.1. The van der Waals surface area contributed by atoms with Crippen molar-refractivity contribution in [2.24, 2.45) is 5.10 Å². The predicted molar refractivity (Wildman–Crippen MR) is 121 cm³/mol. The van der Waals surface area contributed by atoms with E-state index in [2.05, 4.69) is 39.4 Å². The molecule has 1 amide bonds. The Morgan fingerprint density at radius 1 is 0.897 bits per heavy atom. The third-order valence-electron chi connectivity index (χ3n) is 4.89. The van der Waals surface area contributed by atoms with Gasteiger partial charge in [0, 0.05) is 34.8 Å². The van der Waals surface area contributed by atoms with Crippen LogP contribution in [0.15, 0.2) is 89.5 Å². The summed E-state index contributed by atoms with van der Waals surface area (Å²) >= 11 is 0. The first kappa shape index (κ1) is 18.7. The lowest BCUT2D eigenvalue weighted by Crippen LogP contribution is -2.19. The number of aryl methyl sites for hydroxylation is 1. The number of benzene rings is 3. The van der Waals surface area contributed by atoms with Crippen molar-refractivity contribution in [2.45, 2.75) is 19.9 Å². The second-order valence-electron chi connectivity index (χ2n) is 7.03. The summed E-state index contributed by atoms with van der Waals surface area (Å²) < 4.78 is 2.20. The Bertz CT molecular complexity index is 1150. The molecule has 0 saturated carbocycles. The van der Waals surface area contributed by atoms with Crippen LogP contribution in [0.25, 0.3) is 27.9 Å². The van der Waals surface area contributed by atoms with Crippen LogP contribution in [0.5, 0.6) is 0 Å². The third kappa shape index (κ3) is 4.27. The third-order valence-corrected chi connectivity index (χ3v) is 4.89. The van der Waals surface area contributed by atoms with E-state index in [9.17, 15) is 4.79 Å². The van der Waals surface area contributed by atoms with Gasteiger partial charge >= 0.3 is 0 Å². The molecule has 3 aromatic carbocycles. The molecule has 0 saturated heterocycles. The number of fused-ring (bicyclic) bond motifs is 3. The van der Waals surface area contributed by atoms with Crippen LogP contribution in [0.1, 0.15) is 18.9 Å². The molecule has 4 aromatic rings. The van der Waals surface area contributed by atoms with Gasteiger partial charge < -0.3 is 4.57 Å². The fourth-order valence-corrected chi connectivity index (χ4v) is 3.57. The summed E-state index contributed by atoms with van der Waals surface area (Å²) in [6.45, 7) is 2.56. The summed E-state index contributed by atoms with van der Waals surface area (Å²) in [6.07, 6.45) is 4.06. The number of aromatic nitrogens is 1. The van der Waals surface area contributed by atoms with Crippen molar-refractivity contribution in [3.63, 3.8) is 0 Å². The number of nitrogens with one attached hydrogen (secondary N) is 1. The lowest BCUT2D eigenvalue weighted by atomic mass is 10.1. The quantitative estimate of drug-likeness (QED) is 0.353. The Morgan fingerprint density at radius 3 is 2.14 bits per heavy atom. The van der Waals surface area contributed by atoms with E-state index in [1.807, 2.05) is 67.6 Å². The summed E-state index contributed by atoms with van der Waals surface area (Å²) in [4.78, 5) is 12.3. The number of hydrazone groups is 1. The zero-order valence-electron chi connectivity index (χ0n) is 16.4. The summed E-state index contributed by atoms with van der Waals surface area (Å²) in [7, 11) is 0. The Hall–Kier alpha value is -3.66. The molecule has 0 aliphatic carbocycles. The molecule has 4 nitrogen and oxygen atoms in total. The molecule has 1 N–H and O–H groups in total. The van der Waals surface area contributed by atoms with E-state index >= 15 is 0 Å². The van der Waals surface area contributed by atoms with E-state index in [1.165, 1.54) is 10.8 Å². The first-order valence-corrected chi connectivity index (χ1v) is 9.73. The fourth-order valence-electron chi connectivity index (χ4n) is 3.57. The molecule has 4 rings (SSSR count). The lowest BCUT2D eigenvalue weighted by Gasteiger charge is -2.06. The normalized spacial score (nSPS) is 12.1. The van der Waals surface area contributed by atoms with Gasteiger partial charge in [-0.2, -0.15) is 5.10 Å². The van der Waals surface area contributed by atoms with Gasteiger partial charge in [0.15, 0.2) is 0 Å². The number of hydrogen-bond acceptors (Lipinski definition) is 2. The molecular formula is C25H23N3O. The number of allylic oxidation sites excluding steroid dienone is 1. The smallest absolute Gasteiger partial charge is 0.241 e. The Kier molecular flexibility index (Phi) is 5.52. The number of amides is 1. The number of hydrogen-bond donors (Lipinski definition) is 1. The van der Waals surface area contributed by atoms with Crippen molar-refractivity contribution in [1.29, 1.82) is 0 Å². The van der Waals surface area contributed by atoms with Crippen LogP contribution >= 0.6 is 0 Å². The zero-order valence-corrected chi connectivity index (χ0v) is 16.4. The molecule has 4 heteroatoms. The number of nitrogens with zero attached hydrogens (tertiary/aromatic N) is 2. The minimum atomic E-state index is -0.101. The maximum Gasteiger partial charge on any atom is 0.241 e. The van der Waals surface area contributed by atoms with Gasteiger partial charge in [-0.1, -0.05) is 72.8 Å². The topological polar surface area (TPSA) is 46.4 Å². The lowest BCUT2D eigenvalue weighted by molar-refractivity contribution is -0.121. The highest BCUT2D eigenvalue weighted by Crippen LogP contribution is 2.28. The number of rotatable bonds is 6. The van der Waals surface area contributed by atoms with Crippen LogP contribution < -0.4 is 5.43 Å². The van der Waals surface area contributed by atoms with E-state index in [0.717, 1.165) is 22.2 Å². The van der Waals surface area contributed by atoms with Crippen molar-refractivity contribution < 1.29 is 4.79 Å². The Labute approximate surface area is 170 Å². The number of para-hydroxylation sites is 2. The van der Waals surface area contributed by atoms with E-state index in [1.54, 1.807) is 6.21 Å². The summed E-state index contributed by atoms with van der Waals surface area (Å²) in [5.41, 5.74) is 7.00. The monoisotopic (exact) mass is 381 g/mol. The average Bonchev–Trinajstić information content (AvgIpc) is 3.07. The van der Waals surface area contributed by atoms with Gasteiger partial charge in [0.25, 0.3) is 0 Å². The standard InChI is InChI=1S/C25H23N3O/c1-19(17-20-9-3-2-4-10-20)18-26-27-25(29)15-16-28-23-13-7-5-11-21(23)22-12-6-8-14-24(22)28/h2-14,17-18H,15-16H2,1H3,(H,27,29). The minimum absolute atomic E-state index is 0.101. The Balaban J connectivity index is 1.42. The van der Waals surface area contributed by atoms with Crippen LogP contribution in [0, 0.1) is 0 Å². The molecule has 0 radical (unpaired) electrons. The van der Waals surface area contributed by atoms with Gasteiger partial charge in [-0.15, -0.1) is 0 Å². The van der Waals surface area contributed by atoms with Gasteiger partial charge in [-0.05, 0) is 30.2 Å². The highest BCUT2D eigenvalue weighted by Gasteiger charge is 2.10. The summed E-state index contributed by atoms with van der Waals surface area (Å²) in [6, 6.07) is 26.6. The van der Waals surface area contributed by atoms with Crippen molar-refractivity contribution in [2.75, 3.05) is 0 Å². The average molecular weight is 381 g/mol. The highest BCUT2D eigenvalue weighted by atomic mass is 16.2. The summed E-state index contributed by atoms with van der Waals surface area (Å²) in [5, 5.41) is 6.51. The first-order chi connectivity index (χ1) is 14.2. The predicted octanol–water partition coefficient (Wildman–Crippen LogP) is 5.39. The molecule has 0 aliphatic rings. The molecule has 144 valence electrons. The van der Waals surface area contributed by atoms with Gasteiger partial charge in [-0.3, -0.25) is 4.79 Å². The van der Waals surface area contributed by atoms with E-state index < -0.39 is 0 Å². The molecule has 0 bridgehead atoms. The molecule has 0 spiro atoms. The maximum atomic E-state index is 12.3. The molecule has 29 heavy (non-hydrogen) atoms. The molecule has 1 aromatic heterocycles. The van der Waals surface area contributed by atoms with E-state index in [0.29, 0.717) is 13.0 Å². The SMILES string of the molecule is CC(C=NNC(=O)CCn1c2ccccc2c2ccccc21)=Cc1ccccc1. The van der Waals surface area contributed by atoms with Crippen LogP contribution in [0.2, 0.25) is 0 Å². The summed E-state index contributed by atoms with van der Waals surface area (Å²) in [5.74, 6) is -0.101. The van der Waals surface area contributed by atoms with Gasteiger partial charge in [0.05, 0.1) is 6.21 Å². The number of carbonyl (C=O) groups excluding carboxylic acids is 1. The van der Waals surface area contributed by atoms with Crippen LogP contribution in [0.4, 0.5) is 0 Å². The van der Waals surface area contributed by atoms with Crippen molar-refractivity contribution >= 4 is 40.0 Å². The fraction of sp³-hybridized carbons (Fsp3) is 0.120. The second-order valence-corrected chi connectivity index (χ2v) is 7.03. The first-order valence-electron chi connectivity index (χ1n) is 9.73. The van der Waals surface area contributed by atoms with E-state index in [4.69, 9.17) is 0 Å². The van der Waals surface area contributed by atoms with Gasteiger partial charge in [0.2, 0.25) is 5.91 Å². The molecule has 0 aliphatic heterocycles. The molecular weight excluding hydrogens is 358 g/mol. The van der Waals surface area contributed by atoms with Crippen LogP contribution in [-0.4, -0.2) is 16.7 Å². The molecule has 1 heterocycles. The highest BCUT2D eigenvalue weighted by molar-refractivity contribution is 6.08. The van der Waals surface area contributed by atoms with Crippen LogP contribution in [-0.2, 0) is 11.3 Å². The number of carbonyl (C=O) groups is 1. The van der Waals surface area contributed by atoms with Crippen molar-refractivity contribution in [3.8, 4) is 0 Å². The van der Waals surface area contributed by atoms with Crippen molar-refractivity contribution in [3.05, 3.63) is 90.0 Å². The van der Waals surface area contributed by atoms with Crippen LogP contribution in [0.3, 0.4) is 0 Å². The molecule has 0 fully saturated rings. The molecule has 0 unspecified atom stereocenters. The maximum absolute atomic E-state index is 12.3.